The van der Waals surface area contributed by atoms with Crippen molar-refractivity contribution in [1.29, 1.82) is 0 Å². The lowest BCUT2D eigenvalue weighted by Crippen LogP contribution is -2.41. The van der Waals surface area contributed by atoms with Crippen LogP contribution >= 0.6 is 0 Å². The van der Waals surface area contributed by atoms with Crippen LogP contribution in [0.4, 0.5) is 0 Å². The van der Waals surface area contributed by atoms with Gasteiger partial charge in [-0.2, -0.15) is 0 Å². The second-order valence-corrected chi connectivity index (χ2v) is 1.68. The van der Waals surface area contributed by atoms with Crippen LogP contribution in [0.1, 0.15) is 13.3 Å². The summed E-state index contributed by atoms with van der Waals surface area (Å²) >= 11 is 0. The van der Waals surface area contributed by atoms with Crippen molar-refractivity contribution >= 4 is 5.91 Å². The van der Waals surface area contributed by atoms with Crippen molar-refractivity contribution in [3.63, 3.8) is 0 Å². The summed E-state index contributed by atoms with van der Waals surface area (Å²) in [5.74, 6) is -0.177. The van der Waals surface area contributed by atoms with E-state index in [-0.39, 0.29) is 12.5 Å². The maximum atomic E-state index is 10.4. The van der Waals surface area contributed by atoms with Gasteiger partial charge in [-0.25, -0.2) is 5.43 Å². The lowest BCUT2D eigenvalue weighted by Gasteiger charge is -2.02. The average molecular weight is 131 g/mol. The quantitative estimate of drug-likeness (QED) is 0.338. The zero-order chi connectivity index (χ0) is 7.11. The number of hydrogen-bond acceptors (Lipinski definition) is 3. The summed E-state index contributed by atoms with van der Waals surface area (Å²) in [4.78, 5) is 10.4. The summed E-state index contributed by atoms with van der Waals surface area (Å²) in [6, 6.07) is 0. The Kier molecular flexibility index (Phi) is 5.15. The third-order valence-electron chi connectivity index (χ3n) is 0.788. The van der Waals surface area contributed by atoms with Crippen LogP contribution in [0.2, 0.25) is 0 Å². The van der Waals surface area contributed by atoms with Crippen LogP contribution in [-0.4, -0.2) is 19.0 Å². The third kappa shape index (κ3) is 5.26. The Labute approximate surface area is 54.8 Å². The molecule has 0 saturated carbocycles. The van der Waals surface area contributed by atoms with Crippen molar-refractivity contribution in [3.05, 3.63) is 0 Å². The molecule has 0 aromatic rings. The Bertz CT molecular complexity index is 84.3. The van der Waals surface area contributed by atoms with Gasteiger partial charge in [-0.05, 0) is 6.42 Å². The van der Waals surface area contributed by atoms with Crippen LogP contribution in [0.5, 0.6) is 0 Å². The van der Waals surface area contributed by atoms with E-state index in [1.54, 1.807) is 0 Å². The molecule has 0 saturated heterocycles. The van der Waals surface area contributed by atoms with Gasteiger partial charge in [0.2, 0.25) is 5.91 Å². The fourth-order valence-electron chi connectivity index (χ4n) is 0.337. The second-order valence-electron chi connectivity index (χ2n) is 1.68. The summed E-state index contributed by atoms with van der Waals surface area (Å²) in [6.07, 6.45) is 0.991. The first-order valence-corrected chi connectivity index (χ1v) is 3.03. The Morgan fingerprint density at radius 1 is 1.67 bits per heavy atom. The topological polar surface area (TPSA) is 67.1 Å². The average Bonchev–Trinajstić information content (AvgIpc) is 1.89. The predicted octanol–water partition coefficient (Wildman–Crippen LogP) is -1.02. The zero-order valence-corrected chi connectivity index (χ0v) is 5.61. The number of nitrogens with two attached hydrogens (primary N) is 1. The molecule has 0 fully saturated rings. The molecular weight excluding hydrogens is 118 g/mol. The lowest BCUT2D eigenvalue weighted by atomic mass is 10.5. The molecule has 0 heterocycles. The standard InChI is InChI=1S/C5H13N3O/c1-2-3-7-8-5(9)4-6/h7H,2-4,6H2,1H3,(H,8,9). The van der Waals surface area contributed by atoms with E-state index in [9.17, 15) is 4.79 Å². The van der Waals surface area contributed by atoms with Crippen LogP contribution in [0.25, 0.3) is 0 Å². The Morgan fingerprint density at radius 2 is 2.33 bits per heavy atom. The molecule has 0 spiro atoms. The minimum Gasteiger partial charge on any atom is -0.322 e. The van der Waals surface area contributed by atoms with Gasteiger partial charge in [-0.15, -0.1) is 0 Å². The van der Waals surface area contributed by atoms with Gasteiger partial charge in [0.1, 0.15) is 0 Å². The maximum absolute atomic E-state index is 10.4. The van der Waals surface area contributed by atoms with Crippen LogP contribution in [-0.2, 0) is 4.79 Å². The molecule has 9 heavy (non-hydrogen) atoms. The summed E-state index contributed by atoms with van der Waals surface area (Å²) in [6.45, 7) is 2.84. The van der Waals surface area contributed by atoms with E-state index in [1.165, 1.54) is 0 Å². The maximum Gasteiger partial charge on any atom is 0.247 e. The minimum absolute atomic E-state index is 0.0384. The van der Waals surface area contributed by atoms with E-state index >= 15 is 0 Å². The molecule has 0 aromatic carbocycles. The molecule has 0 atom stereocenters. The summed E-state index contributed by atoms with van der Waals surface area (Å²) in [5, 5.41) is 0. The van der Waals surface area contributed by atoms with Crippen molar-refractivity contribution in [1.82, 2.24) is 10.9 Å². The number of hydrazine groups is 1. The van der Waals surface area contributed by atoms with Gasteiger partial charge in [0.05, 0.1) is 6.54 Å². The van der Waals surface area contributed by atoms with Crippen molar-refractivity contribution in [2.45, 2.75) is 13.3 Å². The zero-order valence-electron chi connectivity index (χ0n) is 5.61. The monoisotopic (exact) mass is 131 g/mol. The van der Waals surface area contributed by atoms with Crippen LogP contribution < -0.4 is 16.6 Å². The highest BCUT2D eigenvalue weighted by molar-refractivity contribution is 5.77. The van der Waals surface area contributed by atoms with Gasteiger partial charge < -0.3 is 5.73 Å². The molecule has 0 radical (unpaired) electrons. The van der Waals surface area contributed by atoms with Crippen LogP contribution in [0.3, 0.4) is 0 Å². The lowest BCUT2D eigenvalue weighted by molar-refractivity contribution is -0.120. The number of nitrogens with one attached hydrogen (secondary N) is 2. The molecule has 0 rings (SSSR count). The largest absolute Gasteiger partial charge is 0.322 e. The van der Waals surface area contributed by atoms with Gasteiger partial charge in [0, 0.05) is 6.54 Å². The van der Waals surface area contributed by atoms with Crippen molar-refractivity contribution in [3.8, 4) is 0 Å². The van der Waals surface area contributed by atoms with Crippen LogP contribution in [0, 0.1) is 0 Å². The minimum atomic E-state index is -0.177. The third-order valence-corrected chi connectivity index (χ3v) is 0.788. The molecule has 0 aliphatic carbocycles. The Balaban J connectivity index is 2.97. The Hall–Kier alpha value is -0.610. The van der Waals surface area contributed by atoms with Gasteiger partial charge in [0.25, 0.3) is 0 Å². The normalized spacial score (nSPS) is 9.11. The predicted molar refractivity (Wildman–Crippen MR) is 35.5 cm³/mol. The molecule has 4 nitrogen and oxygen atoms in total. The first-order chi connectivity index (χ1) is 4.31. The molecule has 4 N–H and O–H groups in total. The Morgan fingerprint density at radius 3 is 2.78 bits per heavy atom. The van der Waals surface area contributed by atoms with E-state index < -0.39 is 0 Å². The summed E-state index contributed by atoms with van der Waals surface area (Å²) < 4.78 is 0. The van der Waals surface area contributed by atoms with Gasteiger partial charge in [-0.3, -0.25) is 10.2 Å². The fraction of sp³-hybridized carbons (Fsp3) is 0.800. The van der Waals surface area contributed by atoms with E-state index in [2.05, 4.69) is 10.9 Å². The first-order valence-electron chi connectivity index (χ1n) is 3.03. The molecule has 4 heteroatoms. The van der Waals surface area contributed by atoms with E-state index in [4.69, 9.17) is 5.73 Å². The SMILES string of the molecule is CCCNNC(=O)CN. The highest BCUT2D eigenvalue weighted by atomic mass is 16.2. The number of carbonyl (C=O) groups is 1. The number of amides is 1. The van der Waals surface area contributed by atoms with E-state index in [0.29, 0.717) is 0 Å². The molecule has 0 aliphatic heterocycles. The highest BCUT2D eigenvalue weighted by Crippen LogP contribution is 1.64. The van der Waals surface area contributed by atoms with Gasteiger partial charge in [-0.1, -0.05) is 6.92 Å². The molecule has 0 aromatic heterocycles. The smallest absolute Gasteiger partial charge is 0.247 e. The second kappa shape index (κ2) is 5.53. The van der Waals surface area contributed by atoms with Crippen molar-refractivity contribution in [2.75, 3.05) is 13.1 Å². The number of carbonyl (C=O) groups excluding carboxylic acids is 1. The van der Waals surface area contributed by atoms with Gasteiger partial charge in [0.15, 0.2) is 0 Å². The highest BCUT2D eigenvalue weighted by Gasteiger charge is 1.91. The molecule has 0 bridgehead atoms. The molecule has 0 aliphatic rings. The van der Waals surface area contributed by atoms with Crippen molar-refractivity contribution in [2.24, 2.45) is 5.73 Å². The summed E-state index contributed by atoms with van der Waals surface area (Å²) in [5.41, 5.74) is 10.1. The first kappa shape index (κ1) is 8.39. The molecule has 54 valence electrons. The number of rotatable bonds is 4. The summed E-state index contributed by atoms with van der Waals surface area (Å²) in [7, 11) is 0. The fourth-order valence-corrected chi connectivity index (χ4v) is 0.337. The van der Waals surface area contributed by atoms with Crippen LogP contribution in [0.15, 0.2) is 0 Å². The molecule has 0 unspecified atom stereocenters. The van der Waals surface area contributed by atoms with Gasteiger partial charge >= 0.3 is 0 Å². The van der Waals surface area contributed by atoms with E-state index in [0.717, 1.165) is 13.0 Å². The molecular formula is C5H13N3O. The van der Waals surface area contributed by atoms with E-state index in [1.807, 2.05) is 6.92 Å². The van der Waals surface area contributed by atoms with Crippen molar-refractivity contribution < 1.29 is 4.79 Å². The number of hydrogen-bond donors (Lipinski definition) is 3. The molecule has 1 amide bonds.